The van der Waals surface area contributed by atoms with Crippen LogP contribution in [0.2, 0.25) is 0 Å². The number of ether oxygens (including phenoxy) is 1. The molecule has 0 aliphatic rings. The number of anilines is 1. The summed E-state index contributed by atoms with van der Waals surface area (Å²) in [4.78, 5) is 33.3. The number of primary amides is 1. The number of nitrogens with zero attached hydrogens (tertiary/aromatic N) is 5. The van der Waals surface area contributed by atoms with E-state index in [-0.39, 0.29) is 11.1 Å². The fourth-order valence-electron chi connectivity index (χ4n) is 4.72. The molecule has 0 radical (unpaired) electrons. The number of aryl methyl sites for hydroxylation is 2. The van der Waals surface area contributed by atoms with Crippen molar-refractivity contribution in [1.82, 2.24) is 19.3 Å². The van der Waals surface area contributed by atoms with Crippen LogP contribution in [0, 0.1) is 0 Å². The second kappa shape index (κ2) is 13.4. The van der Waals surface area contributed by atoms with Crippen molar-refractivity contribution in [1.29, 1.82) is 0 Å². The summed E-state index contributed by atoms with van der Waals surface area (Å²) >= 11 is 0. The summed E-state index contributed by atoms with van der Waals surface area (Å²) in [5.41, 5.74) is 9.91. The molecule has 3 aromatic heterocycles. The largest absolute Gasteiger partial charge is 0.481 e. The molecule has 5 rings (SSSR count). The molecule has 0 aliphatic carbocycles. The summed E-state index contributed by atoms with van der Waals surface area (Å²) in [5.74, 6) is 0.811. The molecule has 220 valence electrons. The molecule has 0 unspecified atom stereocenters. The van der Waals surface area contributed by atoms with Crippen LogP contribution in [0.4, 0.5) is 11.6 Å². The van der Waals surface area contributed by atoms with Crippen LogP contribution >= 0.6 is 0 Å². The maximum absolute atomic E-state index is 13.6. The number of benzene rings is 2. The highest BCUT2D eigenvalue weighted by Gasteiger charge is 2.19. The normalized spacial score (nSPS) is 11.0. The number of rotatable bonds is 8. The number of methoxy groups -OCH3 is 1. The molecule has 0 fully saturated rings. The number of carbonyl (C=O) groups excluding carboxylic acids is 1. The van der Waals surface area contributed by atoms with Crippen LogP contribution in [0.5, 0.6) is 5.88 Å². The Kier molecular flexibility index (Phi) is 9.51. The maximum atomic E-state index is 13.6. The fraction of sp³-hybridized carbons (Fsp3) is 0.182. The van der Waals surface area contributed by atoms with Crippen molar-refractivity contribution < 1.29 is 9.53 Å². The first-order valence-electron chi connectivity index (χ1n) is 13.7. The van der Waals surface area contributed by atoms with Crippen LogP contribution < -0.4 is 21.3 Å². The third-order valence-corrected chi connectivity index (χ3v) is 6.83. The summed E-state index contributed by atoms with van der Waals surface area (Å²) in [6.07, 6.45) is 4.06. The number of nitrogens with one attached hydrogen (secondary N) is 1. The van der Waals surface area contributed by atoms with Gasteiger partial charge in [-0.2, -0.15) is 5.10 Å². The number of fused-ring (bicyclic) bond motifs is 1. The Morgan fingerprint density at radius 1 is 1.14 bits per heavy atom. The highest BCUT2D eigenvalue weighted by atomic mass is 16.5. The topological polar surface area (TPSA) is 129 Å². The Morgan fingerprint density at radius 2 is 1.88 bits per heavy atom. The van der Waals surface area contributed by atoms with Gasteiger partial charge in [0.05, 0.1) is 12.5 Å². The van der Waals surface area contributed by atoms with E-state index in [0.717, 1.165) is 34.3 Å². The zero-order chi connectivity index (χ0) is 31.1. The zero-order valence-electron chi connectivity index (χ0n) is 25.0. The minimum atomic E-state index is -0.562. The van der Waals surface area contributed by atoms with Gasteiger partial charge in [0.2, 0.25) is 5.88 Å². The van der Waals surface area contributed by atoms with Gasteiger partial charge < -0.3 is 15.8 Å². The summed E-state index contributed by atoms with van der Waals surface area (Å²) < 4.78 is 8.56. The Bertz CT molecular complexity index is 1870. The number of aromatic nitrogens is 4. The van der Waals surface area contributed by atoms with Crippen molar-refractivity contribution >= 4 is 34.0 Å². The third kappa shape index (κ3) is 6.38. The van der Waals surface area contributed by atoms with Gasteiger partial charge in [0.25, 0.3) is 11.5 Å². The molecule has 0 atom stereocenters. The molecule has 43 heavy (non-hydrogen) atoms. The van der Waals surface area contributed by atoms with E-state index < -0.39 is 5.91 Å². The van der Waals surface area contributed by atoms with E-state index in [9.17, 15) is 9.59 Å². The number of hydrogen-bond donors (Lipinski definition) is 2. The first-order valence-corrected chi connectivity index (χ1v) is 13.7. The number of aliphatic imine (C=N–C) groups is 1. The van der Waals surface area contributed by atoms with Crippen molar-refractivity contribution in [3.63, 3.8) is 0 Å². The average Bonchev–Trinajstić information content (AvgIpc) is 3.35. The van der Waals surface area contributed by atoms with Crippen LogP contribution in [0.1, 0.15) is 29.9 Å². The number of pyridine rings is 2. The van der Waals surface area contributed by atoms with Gasteiger partial charge in [0, 0.05) is 43.5 Å². The minimum Gasteiger partial charge on any atom is -0.481 e. The van der Waals surface area contributed by atoms with Crippen LogP contribution in [-0.4, -0.2) is 45.1 Å². The fourth-order valence-corrected chi connectivity index (χ4v) is 4.72. The summed E-state index contributed by atoms with van der Waals surface area (Å²) in [6.45, 7) is 7.44. The Morgan fingerprint density at radius 3 is 2.51 bits per heavy atom. The number of para-hydroxylation sites is 1. The Labute approximate surface area is 250 Å². The van der Waals surface area contributed by atoms with Gasteiger partial charge in [0.15, 0.2) is 11.6 Å². The third-order valence-electron chi connectivity index (χ3n) is 6.83. The Hall–Kier alpha value is -5.51. The van der Waals surface area contributed by atoms with E-state index in [2.05, 4.69) is 40.0 Å². The van der Waals surface area contributed by atoms with E-state index in [4.69, 9.17) is 10.5 Å². The quantitative estimate of drug-likeness (QED) is 0.236. The van der Waals surface area contributed by atoms with Crippen LogP contribution in [0.3, 0.4) is 0 Å². The van der Waals surface area contributed by atoms with E-state index >= 15 is 0 Å². The van der Waals surface area contributed by atoms with E-state index in [0.29, 0.717) is 28.6 Å². The van der Waals surface area contributed by atoms with Crippen molar-refractivity contribution in [2.24, 2.45) is 17.8 Å². The van der Waals surface area contributed by atoms with Gasteiger partial charge in [-0.25, -0.2) is 14.7 Å². The monoisotopic (exact) mass is 577 g/mol. The molecule has 5 aromatic rings. The molecule has 0 saturated heterocycles. The molecular weight excluding hydrogens is 542 g/mol. The molecule has 0 aliphatic heterocycles. The van der Waals surface area contributed by atoms with Gasteiger partial charge in [-0.15, -0.1) is 0 Å². The van der Waals surface area contributed by atoms with Crippen LogP contribution in [0.15, 0.2) is 95.4 Å². The minimum absolute atomic E-state index is 0.0121. The lowest BCUT2D eigenvalue weighted by molar-refractivity contribution is 0.100. The van der Waals surface area contributed by atoms with Gasteiger partial charge in [-0.1, -0.05) is 49.9 Å². The number of hydrogen-bond acceptors (Lipinski definition) is 7. The molecule has 3 N–H and O–H groups in total. The second-order valence-corrected chi connectivity index (χ2v) is 9.56. The molecule has 0 spiro atoms. The molecule has 10 heteroatoms. The predicted octanol–water partition coefficient (Wildman–Crippen LogP) is 5.46. The lowest BCUT2D eigenvalue weighted by Crippen LogP contribution is -2.22. The standard InChI is InChI=1S/C23H20N2O2.C10H15N5O/c1-3-18-14-17-8-7-11-20(16-12-13-24-21(15-16)27-2)22(17)23(26)25(18)19-9-5-4-6-10-19;1-5-6(2)13-10-7(8(11)16)9(12-3)14-15(10)4/h4-15H,3H2,1-2H3;5H,1H2,2-4H3,(H2,11,16)(H,12,14)/b;13-6-. The van der Waals surface area contributed by atoms with E-state index in [1.807, 2.05) is 65.2 Å². The molecule has 0 saturated carbocycles. The smallest absolute Gasteiger partial charge is 0.263 e. The lowest BCUT2D eigenvalue weighted by atomic mass is 9.99. The number of allylic oxidation sites excluding steroid dienone is 1. The lowest BCUT2D eigenvalue weighted by Gasteiger charge is -2.15. The molecule has 2 aromatic carbocycles. The van der Waals surface area contributed by atoms with Crippen molar-refractivity contribution in [2.45, 2.75) is 20.3 Å². The average molecular weight is 578 g/mol. The summed E-state index contributed by atoms with van der Waals surface area (Å²) in [7, 11) is 4.95. The zero-order valence-corrected chi connectivity index (χ0v) is 25.0. The van der Waals surface area contributed by atoms with Gasteiger partial charge in [-0.05, 0) is 60.2 Å². The number of carbonyl (C=O) groups is 1. The highest BCUT2D eigenvalue weighted by Crippen LogP contribution is 2.29. The van der Waals surface area contributed by atoms with Crippen molar-refractivity contribution in [3.05, 3.63) is 107 Å². The van der Waals surface area contributed by atoms with E-state index in [1.54, 1.807) is 40.4 Å². The molecule has 3 heterocycles. The summed E-state index contributed by atoms with van der Waals surface area (Å²) in [5, 5.41) is 8.55. The Balaban J connectivity index is 0.000000227. The molecular formula is C33H35N7O3. The first kappa shape index (κ1) is 30.4. The van der Waals surface area contributed by atoms with Gasteiger partial charge in [-0.3, -0.25) is 14.2 Å². The van der Waals surface area contributed by atoms with Gasteiger partial charge in [0.1, 0.15) is 5.56 Å². The van der Waals surface area contributed by atoms with Crippen molar-refractivity contribution in [3.8, 4) is 22.7 Å². The van der Waals surface area contributed by atoms with Gasteiger partial charge >= 0.3 is 0 Å². The summed E-state index contributed by atoms with van der Waals surface area (Å²) in [6, 6.07) is 21.6. The molecule has 10 nitrogen and oxygen atoms in total. The van der Waals surface area contributed by atoms with Crippen molar-refractivity contribution in [2.75, 3.05) is 19.5 Å². The van der Waals surface area contributed by atoms with Crippen LogP contribution in [0.25, 0.3) is 27.6 Å². The second-order valence-electron chi connectivity index (χ2n) is 9.56. The van der Waals surface area contributed by atoms with Crippen LogP contribution in [-0.2, 0) is 13.5 Å². The van der Waals surface area contributed by atoms with E-state index in [1.165, 1.54) is 4.68 Å². The molecule has 1 amide bonds. The number of nitrogens with two attached hydrogens (primary N) is 1. The predicted molar refractivity (Wildman–Crippen MR) is 173 cm³/mol. The molecule has 0 bridgehead atoms. The maximum Gasteiger partial charge on any atom is 0.263 e. The number of amides is 1. The highest BCUT2D eigenvalue weighted by molar-refractivity contribution is 6.04. The SMILES string of the molecule is C=C/C(C)=N\c1c(C(N)=O)c(NC)nn1C.CCc1cc2cccc(-c3ccnc(OC)c3)c2c(=O)n1-c1ccccc1. The first-order chi connectivity index (χ1) is 20.7.